The van der Waals surface area contributed by atoms with E-state index in [9.17, 15) is 14.7 Å². The van der Waals surface area contributed by atoms with Crippen LogP contribution in [0.4, 0.5) is 0 Å². The molecule has 5 heteroatoms. The lowest BCUT2D eigenvalue weighted by atomic mass is 9.89. The molecule has 0 fully saturated rings. The highest BCUT2D eigenvalue weighted by molar-refractivity contribution is 6.01. The second kappa shape index (κ2) is 7.66. The quantitative estimate of drug-likeness (QED) is 0.633. The first-order valence-corrected chi connectivity index (χ1v) is 8.96. The largest absolute Gasteiger partial charge is 0.494 e. The number of benzene rings is 2. The minimum atomic E-state index is -0.992. The summed E-state index contributed by atoms with van der Waals surface area (Å²) in [4.78, 5) is 24.8. The third kappa shape index (κ3) is 3.58. The number of aliphatic carboxylic acids is 1. The minimum absolute atomic E-state index is 0.0852. The number of para-hydroxylation sites is 1. The molecular weight excluding hydrogens is 342 g/mol. The van der Waals surface area contributed by atoms with E-state index in [0.29, 0.717) is 23.5 Å². The first kappa shape index (κ1) is 18.7. The molecule has 1 heterocycles. The molecule has 0 amide bonds. The van der Waals surface area contributed by atoms with Crippen molar-refractivity contribution in [1.29, 1.82) is 0 Å². The summed E-state index contributed by atoms with van der Waals surface area (Å²) >= 11 is 0. The van der Waals surface area contributed by atoms with Crippen molar-refractivity contribution in [3.8, 4) is 5.75 Å². The van der Waals surface area contributed by atoms with Crippen LogP contribution in [-0.4, -0.2) is 28.0 Å². The Morgan fingerprint density at radius 2 is 1.78 bits per heavy atom. The van der Waals surface area contributed by atoms with Crippen LogP contribution in [-0.2, 0) is 11.8 Å². The van der Waals surface area contributed by atoms with Crippen LogP contribution in [0, 0.1) is 6.92 Å². The molecule has 3 rings (SSSR count). The molecule has 5 nitrogen and oxygen atoms in total. The standard InChI is InChI=1S/C22H23NO4/c1-4-27-16-11-9-15(10-12-16)20(24)13-18(22(25)26)21-14(2)23(3)19-8-6-5-7-17(19)21/h5-12,18H,4,13H2,1-3H3,(H,25,26). The molecular formula is C22H23NO4. The zero-order valence-electron chi connectivity index (χ0n) is 15.7. The molecule has 3 aromatic rings. The molecule has 27 heavy (non-hydrogen) atoms. The second-order valence-corrected chi connectivity index (χ2v) is 6.55. The summed E-state index contributed by atoms with van der Waals surface area (Å²) in [5.74, 6) is -1.39. The van der Waals surface area contributed by atoms with Gasteiger partial charge in [0.15, 0.2) is 5.78 Å². The van der Waals surface area contributed by atoms with E-state index in [-0.39, 0.29) is 12.2 Å². The number of hydrogen-bond donors (Lipinski definition) is 1. The zero-order valence-corrected chi connectivity index (χ0v) is 15.7. The van der Waals surface area contributed by atoms with Crippen LogP contribution >= 0.6 is 0 Å². The third-order valence-electron chi connectivity index (χ3n) is 4.97. The number of carboxylic acid groups (broad SMARTS) is 1. The van der Waals surface area contributed by atoms with Gasteiger partial charge in [0.25, 0.3) is 0 Å². The predicted octanol–water partition coefficient (Wildman–Crippen LogP) is 4.33. The highest BCUT2D eigenvalue weighted by Gasteiger charge is 2.29. The van der Waals surface area contributed by atoms with E-state index < -0.39 is 11.9 Å². The van der Waals surface area contributed by atoms with Crippen LogP contribution in [0.2, 0.25) is 0 Å². The number of aromatic nitrogens is 1. The Labute approximate surface area is 158 Å². The monoisotopic (exact) mass is 365 g/mol. The van der Waals surface area contributed by atoms with Crippen molar-refractivity contribution in [2.45, 2.75) is 26.2 Å². The highest BCUT2D eigenvalue weighted by atomic mass is 16.5. The van der Waals surface area contributed by atoms with Gasteiger partial charge in [-0.2, -0.15) is 0 Å². The normalized spacial score (nSPS) is 12.1. The molecule has 0 aliphatic rings. The van der Waals surface area contributed by atoms with Crippen LogP contribution in [0.25, 0.3) is 10.9 Å². The maximum Gasteiger partial charge on any atom is 0.311 e. The molecule has 1 atom stereocenters. The summed E-state index contributed by atoms with van der Waals surface area (Å²) in [5, 5.41) is 10.7. The van der Waals surface area contributed by atoms with Crippen molar-refractivity contribution < 1.29 is 19.4 Å². The fourth-order valence-electron chi connectivity index (χ4n) is 3.51. The summed E-state index contributed by atoms with van der Waals surface area (Å²) in [6, 6.07) is 14.5. The Hall–Kier alpha value is -3.08. The first-order valence-electron chi connectivity index (χ1n) is 8.96. The number of ether oxygens (including phenoxy) is 1. The van der Waals surface area contributed by atoms with Crippen molar-refractivity contribution in [2.24, 2.45) is 7.05 Å². The number of hydrogen-bond acceptors (Lipinski definition) is 3. The average Bonchev–Trinajstić information content (AvgIpc) is 2.91. The van der Waals surface area contributed by atoms with E-state index in [1.165, 1.54) is 0 Å². The van der Waals surface area contributed by atoms with Crippen molar-refractivity contribution in [3.05, 3.63) is 65.4 Å². The van der Waals surface area contributed by atoms with Crippen LogP contribution in [0.5, 0.6) is 5.75 Å². The van der Waals surface area contributed by atoms with E-state index in [0.717, 1.165) is 16.6 Å². The van der Waals surface area contributed by atoms with E-state index in [2.05, 4.69) is 0 Å². The number of carboxylic acids is 1. The van der Waals surface area contributed by atoms with Gasteiger partial charge in [0.1, 0.15) is 5.75 Å². The van der Waals surface area contributed by atoms with Gasteiger partial charge in [0, 0.05) is 35.6 Å². The second-order valence-electron chi connectivity index (χ2n) is 6.55. The Morgan fingerprint density at radius 3 is 2.41 bits per heavy atom. The van der Waals surface area contributed by atoms with E-state index >= 15 is 0 Å². The molecule has 2 aromatic carbocycles. The molecule has 0 bridgehead atoms. The number of Topliss-reactive ketones (excluding diaryl/α,β-unsaturated/α-hetero) is 1. The van der Waals surface area contributed by atoms with E-state index in [1.54, 1.807) is 24.3 Å². The third-order valence-corrected chi connectivity index (χ3v) is 4.97. The SMILES string of the molecule is CCOc1ccc(C(=O)CC(C(=O)O)c2c(C)n(C)c3ccccc23)cc1. The molecule has 140 valence electrons. The molecule has 0 aliphatic carbocycles. The summed E-state index contributed by atoms with van der Waals surface area (Å²) in [6.45, 7) is 4.34. The number of carbonyl (C=O) groups is 2. The van der Waals surface area contributed by atoms with Crippen LogP contribution in [0.3, 0.4) is 0 Å². The lowest BCUT2D eigenvalue weighted by Gasteiger charge is -2.13. The number of ketones is 1. The summed E-state index contributed by atoms with van der Waals surface area (Å²) in [6.07, 6.45) is -0.0852. The molecule has 1 N–H and O–H groups in total. The number of carbonyl (C=O) groups excluding carboxylic acids is 1. The fourth-order valence-corrected chi connectivity index (χ4v) is 3.51. The summed E-state index contributed by atoms with van der Waals surface area (Å²) in [5.41, 5.74) is 3.02. The Kier molecular flexibility index (Phi) is 5.31. The van der Waals surface area contributed by atoms with Gasteiger partial charge in [0.05, 0.1) is 12.5 Å². The molecule has 1 aromatic heterocycles. The average molecular weight is 365 g/mol. The van der Waals surface area contributed by atoms with Crippen molar-refractivity contribution >= 4 is 22.7 Å². The predicted molar refractivity (Wildman–Crippen MR) is 105 cm³/mol. The van der Waals surface area contributed by atoms with Gasteiger partial charge in [-0.05, 0) is 49.7 Å². The van der Waals surface area contributed by atoms with Gasteiger partial charge in [-0.15, -0.1) is 0 Å². The van der Waals surface area contributed by atoms with Crippen molar-refractivity contribution in [1.82, 2.24) is 4.57 Å². The molecule has 0 radical (unpaired) electrons. The van der Waals surface area contributed by atoms with Gasteiger partial charge in [-0.3, -0.25) is 9.59 Å². The molecule has 0 saturated heterocycles. The van der Waals surface area contributed by atoms with Gasteiger partial charge in [-0.25, -0.2) is 0 Å². The maximum absolute atomic E-state index is 12.7. The van der Waals surface area contributed by atoms with Gasteiger partial charge < -0.3 is 14.4 Å². The molecule has 0 saturated carbocycles. The number of nitrogens with zero attached hydrogens (tertiary/aromatic N) is 1. The maximum atomic E-state index is 12.7. The smallest absolute Gasteiger partial charge is 0.311 e. The van der Waals surface area contributed by atoms with Crippen LogP contribution in [0.1, 0.15) is 40.9 Å². The number of aryl methyl sites for hydroxylation is 1. The molecule has 0 spiro atoms. The highest BCUT2D eigenvalue weighted by Crippen LogP contribution is 2.34. The Morgan fingerprint density at radius 1 is 1.11 bits per heavy atom. The summed E-state index contributed by atoms with van der Waals surface area (Å²) in [7, 11) is 1.91. The molecule has 0 aliphatic heterocycles. The number of fused-ring (bicyclic) bond motifs is 1. The van der Waals surface area contributed by atoms with Crippen molar-refractivity contribution in [3.63, 3.8) is 0 Å². The molecule has 1 unspecified atom stereocenters. The van der Waals surface area contributed by atoms with Gasteiger partial charge in [-0.1, -0.05) is 18.2 Å². The van der Waals surface area contributed by atoms with Gasteiger partial charge in [0.2, 0.25) is 0 Å². The fraction of sp³-hybridized carbons (Fsp3) is 0.273. The van der Waals surface area contributed by atoms with Crippen molar-refractivity contribution in [2.75, 3.05) is 6.61 Å². The topological polar surface area (TPSA) is 68.5 Å². The Balaban J connectivity index is 1.94. The summed E-state index contributed by atoms with van der Waals surface area (Å²) < 4.78 is 7.36. The minimum Gasteiger partial charge on any atom is -0.494 e. The van der Waals surface area contributed by atoms with Crippen LogP contribution < -0.4 is 4.74 Å². The lowest BCUT2D eigenvalue weighted by Crippen LogP contribution is -2.17. The van der Waals surface area contributed by atoms with E-state index in [4.69, 9.17) is 4.74 Å². The first-order chi connectivity index (χ1) is 12.9. The van der Waals surface area contributed by atoms with E-state index in [1.807, 2.05) is 49.7 Å². The zero-order chi connectivity index (χ0) is 19.6. The van der Waals surface area contributed by atoms with Gasteiger partial charge >= 0.3 is 5.97 Å². The lowest BCUT2D eigenvalue weighted by molar-refractivity contribution is -0.138. The Bertz CT molecular complexity index is 985. The van der Waals surface area contributed by atoms with Crippen LogP contribution in [0.15, 0.2) is 48.5 Å². The number of rotatable bonds is 7.